The van der Waals surface area contributed by atoms with Crippen molar-refractivity contribution < 1.29 is 0 Å². The van der Waals surface area contributed by atoms with Gasteiger partial charge >= 0.3 is 0 Å². The van der Waals surface area contributed by atoms with Crippen LogP contribution in [-0.2, 0) is 0 Å². The Kier molecular flexibility index (Phi) is 3.00. The molecule has 0 aliphatic heterocycles. The molecule has 0 fully saturated rings. The van der Waals surface area contributed by atoms with Crippen molar-refractivity contribution in [2.24, 2.45) is 0 Å². The van der Waals surface area contributed by atoms with Gasteiger partial charge in [-0.1, -0.05) is 37.6 Å². The average molecular weight is 164 g/mol. The first-order valence-corrected chi connectivity index (χ1v) is 6.27. The fourth-order valence-corrected chi connectivity index (χ4v) is 3.51. The first-order chi connectivity index (χ1) is 5.27. The van der Waals surface area contributed by atoms with E-state index in [0.29, 0.717) is 0 Å². The SMILES string of the molecule is CC[Si](CC)=C1C=CC(C)=C1. The second kappa shape index (κ2) is 3.81. The minimum atomic E-state index is -0.180. The summed E-state index contributed by atoms with van der Waals surface area (Å²) >= 11 is 0. The van der Waals surface area contributed by atoms with Crippen molar-refractivity contribution in [1.82, 2.24) is 0 Å². The Morgan fingerprint density at radius 2 is 1.82 bits per heavy atom. The van der Waals surface area contributed by atoms with E-state index < -0.39 is 0 Å². The third-order valence-corrected chi connectivity index (χ3v) is 5.01. The molecule has 0 nitrogen and oxygen atoms in total. The molecular weight excluding hydrogens is 148 g/mol. The summed E-state index contributed by atoms with van der Waals surface area (Å²) in [6, 6.07) is 2.73. The van der Waals surface area contributed by atoms with Crippen LogP contribution in [0.1, 0.15) is 20.8 Å². The lowest BCUT2D eigenvalue weighted by molar-refractivity contribution is 1.35. The maximum Gasteiger partial charge on any atom is 0.0188 e. The summed E-state index contributed by atoms with van der Waals surface area (Å²) in [7, 11) is -0.180. The lowest BCUT2D eigenvalue weighted by Crippen LogP contribution is -2.07. The van der Waals surface area contributed by atoms with Gasteiger partial charge < -0.3 is 0 Å². The van der Waals surface area contributed by atoms with Gasteiger partial charge in [-0.2, -0.15) is 0 Å². The Hall–Kier alpha value is -0.433. The average Bonchev–Trinajstić information content (AvgIpc) is 2.39. The summed E-state index contributed by atoms with van der Waals surface area (Å²) in [5.74, 6) is 0. The van der Waals surface area contributed by atoms with Gasteiger partial charge in [0.1, 0.15) is 0 Å². The third kappa shape index (κ3) is 2.00. The predicted molar refractivity (Wildman–Crippen MR) is 54.6 cm³/mol. The zero-order valence-corrected chi connectivity index (χ0v) is 8.65. The molecular formula is C10H16Si. The van der Waals surface area contributed by atoms with E-state index in [-0.39, 0.29) is 8.41 Å². The van der Waals surface area contributed by atoms with Crippen molar-refractivity contribution in [3.05, 3.63) is 23.8 Å². The zero-order chi connectivity index (χ0) is 8.27. The molecule has 1 aliphatic rings. The third-order valence-electron chi connectivity index (χ3n) is 2.17. The van der Waals surface area contributed by atoms with Crippen LogP contribution in [0.4, 0.5) is 0 Å². The van der Waals surface area contributed by atoms with Crippen LogP contribution in [0.15, 0.2) is 23.8 Å². The summed E-state index contributed by atoms with van der Waals surface area (Å²) in [5.41, 5.74) is 1.42. The van der Waals surface area contributed by atoms with Crippen LogP contribution >= 0.6 is 0 Å². The maximum absolute atomic E-state index is 2.35. The molecule has 1 heteroatoms. The van der Waals surface area contributed by atoms with Crippen LogP contribution in [0.2, 0.25) is 12.1 Å². The van der Waals surface area contributed by atoms with E-state index in [1.807, 2.05) is 0 Å². The molecule has 0 N–H and O–H groups in total. The minimum absolute atomic E-state index is 0.180. The van der Waals surface area contributed by atoms with Crippen LogP contribution in [-0.4, -0.2) is 13.6 Å². The fourth-order valence-electron chi connectivity index (χ4n) is 1.44. The van der Waals surface area contributed by atoms with Crippen molar-refractivity contribution in [3.63, 3.8) is 0 Å². The fraction of sp³-hybridized carbons (Fsp3) is 0.500. The standard InChI is InChI=1S/C10H16Si/c1-4-11(5-2)10-7-6-9(3)8-10/h6-8H,4-5H2,1-3H3. The van der Waals surface area contributed by atoms with E-state index in [4.69, 9.17) is 0 Å². The molecule has 0 atom stereocenters. The van der Waals surface area contributed by atoms with Gasteiger partial charge in [0.05, 0.1) is 0 Å². The van der Waals surface area contributed by atoms with E-state index in [2.05, 4.69) is 39.0 Å². The highest BCUT2D eigenvalue weighted by atomic mass is 28.2. The monoisotopic (exact) mass is 164 g/mol. The van der Waals surface area contributed by atoms with Gasteiger partial charge in [-0.15, -0.1) is 0 Å². The smallest absolute Gasteiger partial charge is 0.0188 e. The van der Waals surface area contributed by atoms with Crippen LogP contribution in [0.25, 0.3) is 0 Å². The van der Waals surface area contributed by atoms with Crippen LogP contribution in [0, 0.1) is 0 Å². The molecule has 0 aromatic carbocycles. The maximum atomic E-state index is 2.35. The highest BCUT2D eigenvalue weighted by Crippen LogP contribution is 2.07. The lowest BCUT2D eigenvalue weighted by Gasteiger charge is -2.00. The van der Waals surface area contributed by atoms with Gasteiger partial charge in [-0.3, -0.25) is 0 Å². The molecule has 1 aliphatic carbocycles. The molecule has 0 unspecified atom stereocenters. The minimum Gasteiger partial charge on any atom is -0.0648 e. The first kappa shape index (κ1) is 8.66. The Morgan fingerprint density at radius 1 is 1.18 bits per heavy atom. The quantitative estimate of drug-likeness (QED) is 0.551. The van der Waals surface area contributed by atoms with E-state index in [1.54, 1.807) is 5.17 Å². The van der Waals surface area contributed by atoms with Gasteiger partial charge in [0.2, 0.25) is 0 Å². The number of hydrogen-bond acceptors (Lipinski definition) is 0. The predicted octanol–water partition coefficient (Wildman–Crippen LogP) is 2.79. The Bertz CT molecular complexity index is 225. The second-order valence-electron chi connectivity index (χ2n) is 2.99. The number of allylic oxidation sites excluding steroid dienone is 4. The molecule has 0 saturated heterocycles. The summed E-state index contributed by atoms with van der Waals surface area (Å²) in [5, 5.41) is 1.62. The molecule has 0 bridgehead atoms. The Labute approximate surface area is 70.9 Å². The Morgan fingerprint density at radius 3 is 2.18 bits per heavy atom. The van der Waals surface area contributed by atoms with E-state index in [1.165, 1.54) is 17.7 Å². The number of rotatable bonds is 2. The molecule has 60 valence electrons. The normalized spacial score (nSPS) is 15.5. The van der Waals surface area contributed by atoms with E-state index >= 15 is 0 Å². The van der Waals surface area contributed by atoms with E-state index in [0.717, 1.165) is 0 Å². The van der Waals surface area contributed by atoms with Gasteiger partial charge in [-0.25, -0.2) is 0 Å². The molecule has 0 saturated carbocycles. The molecule has 0 heterocycles. The summed E-state index contributed by atoms with van der Waals surface area (Å²) in [6.07, 6.45) is 6.88. The molecule has 11 heavy (non-hydrogen) atoms. The van der Waals surface area contributed by atoms with Gasteiger partial charge in [-0.05, 0) is 24.2 Å². The van der Waals surface area contributed by atoms with Crippen LogP contribution in [0.5, 0.6) is 0 Å². The van der Waals surface area contributed by atoms with Crippen molar-refractivity contribution in [3.8, 4) is 0 Å². The first-order valence-electron chi connectivity index (χ1n) is 4.36. The molecule has 0 aromatic rings. The zero-order valence-electron chi connectivity index (χ0n) is 7.65. The van der Waals surface area contributed by atoms with Crippen molar-refractivity contribution >= 4 is 13.6 Å². The topological polar surface area (TPSA) is 0 Å². The molecule has 0 spiro atoms. The van der Waals surface area contributed by atoms with Crippen molar-refractivity contribution in [2.45, 2.75) is 32.9 Å². The molecule has 1 rings (SSSR count). The van der Waals surface area contributed by atoms with Gasteiger partial charge in [0.25, 0.3) is 0 Å². The highest BCUT2D eigenvalue weighted by Gasteiger charge is 2.02. The molecule has 0 amide bonds. The van der Waals surface area contributed by atoms with Gasteiger partial charge in [0, 0.05) is 8.41 Å². The summed E-state index contributed by atoms with van der Waals surface area (Å²) < 4.78 is 0. The molecule has 0 aromatic heterocycles. The van der Waals surface area contributed by atoms with Crippen molar-refractivity contribution in [2.75, 3.05) is 0 Å². The van der Waals surface area contributed by atoms with Crippen LogP contribution in [0.3, 0.4) is 0 Å². The lowest BCUT2D eigenvalue weighted by atomic mass is 10.3. The highest BCUT2D eigenvalue weighted by molar-refractivity contribution is 6.75. The Balaban J connectivity index is 2.89. The molecule has 0 radical (unpaired) electrons. The van der Waals surface area contributed by atoms with Crippen LogP contribution < -0.4 is 0 Å². The van der Waals surface area contributed by atoms with E-state index in [9.17, 15) is 0 Å². The van der Waals surface area contributed by atoms with Crippen molar-refractivity contribution in [1.29, 1.82) is 0 Å². The largest absolute Gasteiger partial charge is 0.0648 e. The number of hydrogen-bond donors (Lipinski definition) is 0. The van der Waals surface area contributed by atoms with Gasteiger partial charge in [0.15, 0.2) is 0 Å². The second-order valence-corrected chi connectivity index (χ2v) is 6.19. The summed E-state index contributed by atoms with van der Waals surface area (Å²) in [4.78, 5) is 0. The summed E-state index contributed by atoms with van der Waals surface area (Å²) in [6.45, 7) is 6.79.